The van der Waals surface area contributed by atoms with Crippen molar-refractivity contribution in [2.75, 3.05) is 43.8 Å². The van der Waals surface area contributed by atoms with Crippen LogP contribution in [0.15, 0.2) is 71.0 Å². The summed E-state index contributed by atoms with van der Waals surface area (Å²) in [5.74, 6) is 0.503. The van der Waals surface area contributed by atoms with E-state index in [9.17, 15) is 26.4 Å². The Morgan fingerprint density at radius 3 is 2.30 bits per heavy atom. The van der Waals surface area contributed by atoms with Gasteiger partial charge in [0.1, 0.15) is 0 Å². The number of nitrogens with zero attached hydrogens (tertiary/aromatic N) is 2. The lowest BCUT2D eigenvalue weighted by atomic mass is 10.2. The minimum absolute atomic E-state index is 0.106. The molecule has 1 fully saturated rings. The molecule has 1 aliphatic rings. The van der Waals surface area contributed by atoms with Crippen LogP contribution in [0.5, 0.6) is 0 Å². The first-order valence-corrected chi connectivity index (χ1v) is 12.6. The maximum Gasteiger partial charge on any atom is 0.416 e. The second-order valence-corrected chi connectivity index (χ2v) is 10.3. The van der Waals surface area contributed by atoms with Gasteiger partial charge in [-0.3, -0.25) is 9.69 Å². The highest BCUT2D eigenvalue weighted by Crippen LogP contribution is 2.30. The molecule has 1 heterocycles. The zero-order chi connectivity index (χ0) is 24.1. The Morgan fingerprint density at radius 2 is 1.70 bits per heavy atom. The lowest BCUT2D eigenvalue weighted by Gasteiger charge is -2.33. The van der Waals surface area contributed by atoms with Gasteiger partial charge in [-0.2, -0.15) is 17.5 Å². The van der Waals surface area contributed by atoms with E-state index in [-0.39, 0.29) is 30.4 Å². The maximum atomic E-state index is 12.8. The maximum absolute atomic E-state index is 12.8. The van der Waals surface area contributed by atoms with Crippen molar-refractivity contribution in [2.24, 2.45) is 0 Å². The SMILES string of the molecule is C=CCSc1ccccc1NC(=O)CN1CCN(S(=O)(=O)c2ccc(C(F)(F)F)cc2)CC1. The first-order valence-electron chi connectivity index (χ1n) is 10.1. The van der Waals surface area contributed by atoms with Crippen LogP contribution in [0.2, 0.25) is 0 Å². The molecule has 1 saturated heterocycles. The van der Waals surface area contributed by atoms with Crippen LogP contribution in [0, 0.1) is 0 Å². The third-order valence-electron chi connectivity index (χ3n) is 5.04. The molecule has 3 rings (SSSR count). The summed E-state index contributed by atoms with van der Waals surface area (Å²) in [5.41, 5.74) is -0.195. The predicted molar refractivity (Wildman–Crippen MR) is 123 cm³/mol. The Morgan fingerprint density at radius 1 is 1.06 bits per heavy atom. The van der Waals surface area contributed by atoms with Crippen molar-refractivity contribution in [1.82, 2.24) is 9.21 Å². The highest BCUT2D eigenvalue weighted by molar-refractivity contribution is 7.99. The van der Waals surface area contributed by atoms with Gasteiger partial charge in [-0.15, -0.1) is 18.3 Å². The van der Waals surface area contributed by atoms with Crippen LogP contribution in [0.1, 0.15) is 5.56 Å². The number of halogens is 3. The monoisotopic (exact) mass is 499 g/mol. The Labute approximate surface area is 195 Å². The van der Waals surface area contributed by atoms with E-state index in [1.54, 1.807) is 17.8 Å². The van der Waals surface area contributed by atoms with Gasteiger partial charge >= 0.3 is 6.18 Å². The summed E-state index contributed by atoms with van der Waals surface area (Å²) in [4.78, 5) is 15.1. The molecule has 1 aliphatic heterocycles. The Hall–Kier alpha value is -2.34. The molecule has 2 aromatic rings. The number of para-hydroxylation sites is 1. The number of benzene rings is 2. The third-order valence-corrected chi connectivity index (χ3v) is 8.02. The largest absolute Gasteiger partial charge is 0.416 e. The molecule has 178 valence electrons. The van der Waals surface area contributed by atoms with Gasteiger partial charge in [-0.05, 0) is 36.4 Å². The Bertz CT molecular complexity index is 1080. The third kappa shape index (κ3) is 6.59. The van der Waals surface area contributed by atoms with Crippen LogP contribution in [0.3, 0.4) is 0 Å². The van der Waals surface area contributed by atoms with E-state index in [1.807, 2.05) is 29.2 Å². The summed E-state index contributed by atoms with van der Waals surface area (Å²) in [6.45, 7) is 4.75. The van der Waals surface area contributed by atoms with Gasteiger partial charge < -0.3 is 5.32 Å². The van der Waals surface area contributed by atoms with Crippen LogP contribution < -0.4 is 5.32 Å². The molecular formula is C22H24F3N3O3S2. The van der Waals surface area contributed by atoms with Gasteiger partial charge in [-0.25, -0.2) is 8.42 Å². The highest BCUT2D eigenvalue weighted by atomic mass is 32.2. The summed E-state index contributed by atoms with van der Waals surface area (Å²) in [6.07, 6.45) is -2.75. The van der Waals surface area contributed by atoms with Crippen molar-refractivity contribution < 1.29 is 26.4 Å². The van der Waals surface area contributed by atoms with E-state index in [2.05, 4.69) is 11.9 Å². The number of sulfonamides is 1. The number of amides is 1. The normalized spacial score (nSPS) is 15.8. The van der Waals surface area contributed by atoms with Crippen LogP contribution in [-0.2, 0) is 21.0 Å². The molecule has 0 saturated carbocycles. The van der Waals surface area contributed by atoms with Crippen molar-refractivity contribution >= 4 is 33.4 Å². The number of thioether (sulfide) groups is 1. The molecule has 0 spiro atoms. The molecule has 33 heavy (non-hydrogen) atoms. The molecule has 1 N–H and O–H groups in total. The van der Waals surface area contributed by atoms with Gasteiger partial charge in [0.2, 0.25) is 15.9 Å². The van der Waals surface area contributed by atoms with E-state index in [1.165, 1.54) is 4.31 Å². The summed E-state index contributed by atoms with van der Waals surface area (Å²) >= 11 is 1.56. The van der Waals surface area contributed by atoms with E-state index in [0.29, 0.717) is 24.5 Å². The first-order chi connectivity index (χ1) is 15.6. The lowest BCUT2D eigenvalue weighted by molar-refractivity contribution is -0.137. The number of piperazine rings is 1. The second-order valence-electron chi connectivity index (χ2n) is 7.35. The van der Waals surface area contributed by atoms with E-state index in [0.717, 1.165) is 29.2 Å². The smallest absolute Gasteiger partial charge is 0.324 e. The quantitative estimate of drug-likeness (QED) is 0.440. The van der Waals surface area contributed by atoms with E-state index >= 15 is 0 Å². The Kier molecular flexibility index (Phi) is 8.22. The molecule has 1 amide bonds. The van der Waals surface area contributed by atoms with Crippen molar-refractivity contribution in [1.29, 1.82) is 0 Å². The molecule has 0 unspecified atom stereocenters. The molecule has 0 aliphatic carbocycles. The average molecular weight is 500 g/mol. The number of carbonyl (C=O) groups excluding carboxylic acids is 1. The zero-order valence-electron chi connectivity index (χ0n) is 17.7. The van der Waals surface area contributed by atoms with Crippen molar-refractivity contribution in [3.63, 3.8) is 0 Å². The molecule has 0 radical (unpaired) electrons. The fourth-order valence-corrected chi connectivity index (χ4v) is 5.50. The molecule has 11 heteroatoms. The molecule has 0 atom stereocenters. The fraction of sp³-hybridized carbons (Fsp3) is 0.318. The van der Waals surface area contributed by atoms with Crippen LogP contribution >= 0.6 is 11.8 Å². The van der Waals surface area contributed by atoms with Gasteiger partial charge in [0, 0.05) is 36.8 Å². The molecule has 0 bridgehead atoms. The minimum atomic E-state index is -4.53. The summed E-state index contributed by atoms with van der Waals surface area (Å²) in [5, 5.41) is 2.89. The summed E-state index contributed by atoms with van der Waals surface area (Å²) in [6, 6.07) is 10.9. The molecular weight excluding hydrogens is 475 g/mol. The molecule has 2 aromatic carbocycles. The number of hydrogen-bond donors (Lipinski definition) is 1. The first kappa shape index (κ1) is 25.3. The predicted octanol–water partition coefficient (Wildman–Crippen LogP) is 3.93. The van der Waals surface area contributed by atoms with Gasteiger partial charge in [0.15, 0.2) is 0 Å². The van der Waals surface area contributed by atoms with Crippen molar-refractivity contribution in [2.45, 2.75) is 16.0 Å². The van der Waals surface area contributed by atoms with Crippen LogP contribution in [0.25, 0.3) is 0 Å². The number of nitrogens with one attached hydrogen (secondary N) is 1. The van der Waals surface area contributed by atoms with Crippen molar-refractivity contribution in [3.8, 4) is 0 Å². The summed E-state index contributed by atoms with van der Waals surface area (Å²) in [7, 11) is -3.91. The molecule has 6 nitrogen and oxygen atoms in total. The fourth-order valence-electron chi connectivity index (χ4n) is 3.33. The van der Waals surface area contributed by atoms with Gasteiger partial charge in [0.25, 0.3) is 0 Å². The molecule has 0 aromatic heterocycles. The van der Waals surface area contributed by atoms with E-state index < -0.39 is 21.8 Å². The van der Waals surface area contributed by atoms with Crippen molar-refractivity contribution in [3.05, 3.63) is 66.7 Å². The Balaban J connectivity index is 1.55. The zero-order valence-corrected chi connectivity index (χ0v) is 19.3. The van der Waals surface area contributed by atoms with E-state index in [4.69, 9.17) is 0 Å². The topological polar surface area (TPSA) is 69.7 Å². The number of carbonyl (C=O) groups is 1. The number of anilines is 1. The van der Waals surface area contributed by atoms with Gasteiger partial charge in [-0.1, -0.05) is 18.2 Å². The summed E-state index contributed by atoms with van der Waals surface area (Å²) < 4.78 is 65.0. The van der Waals surface area contributed by atoms with Crippen LogP contribution in [-0.4, -0.2) is 62.0 Å². The van der Waals surface area contributed by atoms with Gasteiger partial charge in [0.05, 0.1) is 22.7 Å². The standard InChI is InChI=1S/C22H24F3N3O3S2/c1-2-15-32-20-6-4-3-5-19(20)26-21(29)16-27-11-13-28(14-12-27)33(30,31)18-9-7-17(8-10-18)22(23,24)25/h2-10H,1,11-16H2,(H,26,29). The second kappa shape index (κ2) is 10.7. The highest BCUT2D eigenvalue weighted by Gasteiger charge is 2.32. The average Bonchev–Trinajstić information content (AvgIpc) is 2.78. The number of alkyl halides is 3. The minimum Gasteiger partial charge on any atom is -0.324 e. The number of hydrogen-bond acceptors (Lipinski definition) is 5. The lowest BCUT2D eigenvalue weighted by Crippen LogP contribution is -2.50. The van der Waals surface area contributed by atoms with Crippen LogP contribution in [0.4, 0.5) is 18.9 Å². The number of rotatable bonds is 8.